The smallest absolute Gasteiger partial charge is 0.249 e. The van der Waals surface area contributed by atoms with Gasteiger partial charge in [-0.2, -0.15) is 0 Å². The van der Waals surface area contributed by atoms with Crippen LogP contribution in [0.2, 0.25) is 0 Å². The van der Waals surface area contributed by atoms with Crippen molar-refractivity contribution in [2.24, 2.45) is 21.8 Å². The maximum absolute atomic E-state index is 13.3. The van der Waals surface area contributed by atoms with Gasteiger partial charge in [0, 0.05) is 11.8 Å². The van der Waals surface area contributed by atoms with Gasteiger partial charge in [0.2, 0.25) is 17.6 Å². The Morgan fingerprint density at radius 1 is 0.667 bits per heavy atom. The minimum Gasteiger partial charge on any atom is -0.506 e. The Hall–Kier alpha value is -3.68. The number of aliphatic hydroxyl groups is 1. The zero-order valence-electron chi connectivity index (χ0n) is 34.1. The van der Waals surface area contributed by atoms with E-state index in [0.29, 0.717) is 22.8 Å². The Bertz CT molecular complexity index is 1450. The number of ketones is 1. The second-order valence-electron chi connectivity index (χ2n) is 15.4. The maximum Gasteiger partial charge on any atom is 0.249 e. The van der Waals surface area contributed by atoms with Crippen LogP contribution in [0.3, 0.4) is 0 Å². The standard InChI is InChI=1S/C46H70N4O4/c1-5-9-13-17-19-23-27-35(25-21-15-11-7-3)45(53)49-37-29-31-39(47-33-37)41-43(51)42(44(41)52)40-32-30-38(34-48-40)50-46(54)36(26-22-16-12-8-4)28-24-20-18-14-10-6-2/h29-36,51H,5-28H2,1-4H3,(H,49,53)/b42-40-,50-38+. The van der Waals surface area contributed by atoms with Crippen molar-refractivity contribution in [2.75, 3.05) is 5.32 Å². The molecule has 1 aromatic heterocycles. The van der Waals surface area contributed by atoms with Crippen molar-refractivity contribution in [1.29, 1.82) is 0 Å². The first-order valence-electron chi connectivity index (χ1n) is 21.7. The lowest BCUT2D eigenvalue weighted by molar-refractivity contribution is -0.122. The summed E-state index contributed by atoms with van der Waals surface area (Å²) in [7, 11) is 0. The molecule has 2 unspecified atom stereocenters. The van der Waals surface area contributed by atoms with E-state index >= 15 is 0 Å². The van der Waals surface area contributed by atoms with Crippen LogP contribution in [0.4, 0.5) is 5.69 Å². The van der Waals surface area contributed by atoms with Crippen molar-refractivity contribution < 1.29 is 19.5 Å². The molecular weight excluding hydrogens is 673 g/mol. The number of allylic oxidation sites excluding steroid dienone is 4. The zero-order chi connectivity index (χ0) is 39.0. The lowest BCUT2D eigenvalue weighted by Crippen LogP contribution is -2.24. The van der Waals surface area contributed by atoms with Crippen LogP contribution >= 0.6 is 0 Å². The molecule has 1 aliphatic carbocycles. The normalized spacial score (nSPS) is 17.3. The molecule has 2 heterocycles. The number of hydrogen-bond donors (Lipinski definition) is 2. The molecule has 54 heavy (non-hydrogen) atoms. The molecule has 298 valence electrons. The molecule has 0 radical (unpaired) electrons. The molecule has 0 aromatic carbocycles. The van der Waals surface area contributed by atoms with E-state index in [1.165, 1.54) is 76.8 Å². The van der Waals surface area contributed by atoms with Crippen molar-refractivity contribution in [3.63, 3.8) is 0 Å². The highest BCUT2D eigenvalue weighted by Crippen LogP contribution is 2.38. The number of unbranched alkanes of at least 4 members (excludes halogenated alkanes) is 16. The van der Waals surface area contributed by atoms with Gasteiger partial charge in [-0.1, -0.05) is 156 Å². The Labute approximate surface area is 326 Å². The van der Waals surface area contributed by atoms with Crippen LogP contribution in [0.25, 0.3) is 5.57 Å². The minimum absolute atomic E-state index is 0.0234. The fourth-order valence-electron chi connectivity index (χ4n) is 7.33. The summed E-state index contributed by atoms with van der Waals surface area (Å²) in [6.45, 7) is 8.83. The molecule has 8 nitrogen and oxygen atoms in total. The number of carbonyl (C=O) groups is 3. The molecule has 0 bridgehead atoms. The van der Waals surface area contributed by atoms with Crippen molar-refractivity contribution in [3.8, 4) is 0 Å². The number of Topliss-reactive ketones (excluding diaryl/α,β-unsaturated/α-hetero) is 1. The molecular formula is C46H70N4O4. The highest BCUT2D eigenvalue weighted by atomic mass is 16.3. The number of anilines is 1. The Kier molecular flexibility index (Phi) is 21.7. The Morgan fingerprint density at radius 2 is 1.17 bits per heavy atom. The molecule has 2 aliphatic rings. The first-order valence-corrected chi connectivity index (χ1v) is 21.7. The van der Waals surface area contributed by atoms with Gasteiger partial charge in [-0.05, 0) is 50.0 Å². The van der Waals surface area contributed by atoms with Gasteiger partial charge in [0.25, 0.3) is 0 Å². The molecule has 2 N–H and O–H groups in total. The molecule has 0 spiro atoms. The molecule has 3 rings (SSSR count). The summed E-state index contributed by atoms with van der Waals surface area (Å²) in [6, 6.07) is 3.39. The van der Waals surface area contributed by atoms with E-state index in [4.69, 9.17) is 0 Å². The SMILES string of the molecule is CCCCCCCCC(CCCCCC)C(=O)/N=C1C=C/C(=C2/C(=O)C(c3ccc(NC(=O)C(CCCCCC)CCCCCCCC)cn3)=C2O)N=C\1. The Balaban J connectivity index is 1.61. The van der Waals surface area contributed by atoms with Gasteiger partial charge in [-0.3, -0.25) is 24.4 Å². The van der Waals surface area contributed by atoms with E-state index in [9.17, 15) is 19.5 Å². The number of nitrogens with zero attached hydrogens (tertiary/aromatic N) is 3. The lowest BCUT2D eigenvalue weighted by Gasteiger charge is -2.22. The number of amides is 2. The number of pyridine rings is 1. The van der Waals surface area contributed by atoms with Crippen molar-refractivity contribution in [3.05, 3.63) is 53.2 Å². The van der Waals surface area contributed by atoms with Gasteiger partial charge in [0.1, 0.15) is 5.76 Å². The first-order chi connectivity index (χ1) is 26.3. The molecule has 2 atom stereocenters. The third kappa shape index (κ3) is 15.2. The van der Waals surface area contributed by atoms with Gasteiger partial charge in [-0.15, -0.1) is 0 Å². The van der Waals surface area contributed by atoms with Crippen LogP contribution in [0.1, 0.15) is 187 Å². The molecule has 0 saturated carbocycles. The summed E-state index contributed by atoms with van der Waals surface area (Å²) in [5, 5.41) is 14.0. The summed E-state index contributed by atoms with van der Waals surface area (Å²) in [5.41, 5.74) is 1.96. The molecule has 1 aliphatic heterocycles. The van der Waals surface area contributed by atoms with Crippen LogP contribution in [-0.2, 0) is 14.4 Å². The molecule has 8 heteroatoms. The van der Waals surface area contributed by atoms with Crippen LogP contribution in [0.5, 0.6) is 0 Å². The first kappa shape index (κ1) is 44.7. The molecule has 1 aromatic rings. The number of aliphatic hydroxyl groups excluding tert-OH is 1. The van der Waals surface area contributed by atoms with Crippen LogP contribution in [-0.4, -0.2) is 39.6 Å². The highest BCUT2D eigenvalue weighted by Gasteiger charge is 2.38. The second-order valence-corrected chi connectivity index (χ2v) is 15.4. The third-order valence-corrected chi connectivity index (χ3v) is 10.8. The van der Waals surface area contributed by atoms with E-state index in [1.807, 2.05) is 0 Å². The minimum atomic E-state index is -0.345. The fourth-order valence-corrected chi connectivity index (χ4v) is 7.33. The fraction of sp³-hybridized carbons (Fsp3) is 0.652. The van der Waals surface area contributed by atoms with E-state index in [-0.39, 0.29) is 46.3 Å². The third-order valence-electron chi connectivity index (χ3n) is 10.8. The predicted molar refractivity (Wildman–Crippen MR) is 225 cm³/mol. The number of nitrogens with one attached hydrogen (secondary N) is 1. The van der Waals surface area contributed by atoms with E-state index in [0.717, 1.165) is 83.5 Å². The number of rotatable bonds is 28. The molecule has 0 fully saturated rings. The number of aliphatic imine (C=N–C) groups is 2. The zero-order valence-corrected chi connectivity index (χ0v) is 34.1. The summed E-state index contributed by atoms with van der Waals surface area (Å²) in [5.74, 6) is -0.693. The monoisotopic (exact) mass is 743 g/mol. The van der Waals surface area contributed by atoms with Gasteiger partial charge < -0.3 is 10.4 Å². The summed E-state index contributed by atoms with van der Waals surface area (Å²) in [6.07, 6.45) is 33.3. The highest BCUT2D eigenvalue weighted by molar-refractivity contribution is 6.41. The van der Waals surface area contributed by atoms with Crippen molar-refractivity contribution in [1.82, 2.24) is 4.98 Å². The summed E-state index contributed by atoms with van der Waals surface area (Å²) in [4.78, 5) is 53.1. The topological polar surface area (TPSA) is 121 Å². The van der Waals surface area contributed by atoms with E-state index in [1.54, 1.807) is 30.5 Å². The largest absolute Gasteiger partial charge is 0.506 e. The number of aromatic nitrogens is 1. The average Bonchev–Trinajstić information content (AvgIpc) is 3.17. The van der Waals surface area contributed by atoms with Crippen LogP contribution < -0.4 is 5.32 Å². The van der Waals surface area contributed by atoms with Crippen LogP contribution in [0.15, 0.2) is 57.5 Å². The predicted octanol–water partition coefficient (Wildman–Crippen LogP) is 12.4. The average molecular weight is 743 g/mol. The summed E-state index contributed by atoms with van der Waals surface area (Å²) < 4.78 is 0. The van der Waals surface area contributed by atoms with Gasteiger partial charge >= 0.3 is 0 Å². The maximum atomic E-state index is 13.3. The van der Waals surface area contributed by atoms with E-state index < -0.39 is 0 Å². The van der Waals surface area contributed by atoms with Gasteiger partial charge in [-0.25, -0.2) is 4.99 Å². The van der Waals surface area contributed by atoms with Gasteiger partial charge in [0.15, 0.2) is 0 Å². The Morgan fingerprint density at radius 3 is 1.63 bits per heavy atom. The molecule has 2 amide bonds. The lowest BCUT2D eigenvalue weighted by atomic mass is 9.84. The summed E-state index contributed by atoms with van der Waals surface area (Å²) >= 11 is 0. The van der Waals surface area contributed by atoms with Crippen molar-refractivity contribution in [2.45, 2.75) is 182 Å². The number of dihydropyridines is 1. The van der Waals surface area contributed by atoms with Crippen LogP contribution in [0, 0.1) is 11.8 Å². The van der Waals surface area contributed by atoms with Crippen molar-refractivity contribution >= 4 is 40.8 Å². The number of carbonyl (C=O) groups excluding carboxylic acids is 3. The quantitative estimate of drug-likeness (QED) is 0.0654. The van der Waals surface area contributed by atoms with Gasteiger partial charge in [0.05, 0.1) is 46.3 Å². The van der Waals surface area contributed by atoms with E-state index in [2.05, 4.69) is 48.0 Å². The number of hydrogen-bond acceptors (Lipinski definition) is 6. The molecule has 0 saturated heterocycles. The second kappa shape index (κ2) is 26.2.